The number of guanidine groups is 1. The monoisotopic (exact) mass is 283 g/mol. The first-order valence-corrected chi connectivity index (χ1v) is 6.11. The number of anilines is 1. The summed E-state index contributed by atoms with van der Waals surface area (Å²) in [7, 11) is 0. The fraction of sp³-hybridized carbons (Fsp3) is 0.417. The van der Waals surface area contributed by atoms with Gasteiger partial charge in [0, 0.05) is 16.7 Å². The van der Waals surface area contributed by atoms with Gasteiger partial charge >= 0.3 is 0 Å². The lowest BCUT2D eigenvalue weighted by Crippen LogP contribution is -2.23. The summed E-state index contributed by atoms with van der Waals surface area (Å²) in [5, 5.41) is 3.10. The molecule has 0 aromatic heterocycles. The molecule has 4 heteroatoms. The number of nitrogens with one attached hydrogen (secondary N) is 1. The van der Waals surface area contributed by atoms with Crippen LogP contribution in [0.2, 0.25) is 0 Å². The number of halogens is 1. The molecule has 3 N–H and O–H groups in total. The normalized spacial score (nSPS) is 11.9. The van der Waals surface area contributed by atoms with Crippen LogP contribution < -0.4 is 11.1 Å². The largest absolute Gasteiger partial charge is 0.370 e. The molecule has 1 rings (SSSR count). The van der Waals surface area contributed by atoms with E-state index in [1.807, 2.05) is 25.1 Å². The molecule has 1 aromatic carbocycles. The molecule has 0 atom stereocenters. The van der Waals surface area contributed by atoms with Crippen molar-refractivity contribution in [1.29, 1.82) is 0 Å². The van der Waals surface area contributed by atoms with Gasteiger partial charge in [0.05, 0.1) is 0 Å². The molecule has 0 aliphatic heterocycles. The number of rotatable bonds is 3. The highest BCUT2D eigenvalue weighted by atomic mass is 79.9. The Kier molecular flexibility index (Phi) is 4.80. The lowest BCUT2D eigenvalue weighted by Gasteiger charge is -2.09. The predicted molar refractivity (Wildman–Crippen MR) is 73.8 cm³/mol. The maximum absolute atomic E-state index is 5.80. The van der Waals surface area contributed by atoms with E-state index in [-0.39, 0.29) is 0 Å². The standard InChI is InChI=1S/C12H18BrN3/c1-8(2)7-15-12(14)16-11-6-10(13)5-4-9(11)3/h4-6,8H,7H2,1-3H3,(H3,14,15,16). The molecule has 0 saturated carbocycles. The average molecular weight is 284 g/mol. The van der Waals surface area contributed by atoms with Gasteiger partial charge in [-0.15, -0.1) is 0 Å². The van der Waals surface area contributed by atoms with Crippen molar-refractivity contribution in [3.05, 3.63) is 28.2 Å². The van der Waals surface area contributed by atoms with E-state index in [0.717, 1.165) is 22.3 Å². The van der Waals surface area contributed by atoms with Crippen LogP contribution in [-0.2, 0) is 0 Å². The molecular weight excluding hydrogens is 266 g/mol. The first kappa shape index (κ1) is 13.0. The Morgan fingerprint density at radius 2 is 2.19 bits per heavy atom. The Balaban J connectivity index is 2.72. The van der Waals surface area contributed by atoms with Crippen LogP contribution in [0, 0.1) is 12.8 Å². The van der Waals surface area contributed by atoms with Gasteiger partial charge in [-0.05, 0) is 30.5 Å². The third-order valence-electron chi connectivity index (χ3n) is 2.09. The van der Waals surface area contributed by atoms with E-state index in [1.165, 1.54) is 0 Å². The highest BCUT2D eigenvalue weighted by Crippen LogP contribution is 2.20. The molecule has 0 heterocycles. The fourth-order valence-corrected chi connectivity index (χ4v) is 1.55. The summed E-state index contributed by atoms with van der Waals surface area (Å²) < 4.78 is 1.03. The van der Waals surface area contributed by atoms with Gasteiger partial charge in [-0.2, -0.15) is 0 Å². The zero-order valence-corrected chi connectivity index (χ0v) is 11.5. The summed E-state index contributed by atoms with van der Waals surface area (Å²) in [5.41, 5.74) is 7.93. The van der Waals surface area contributed by atoms with Crippen LogP contribution in [0.15, 0.2) is 27.7 Å². The van der Waals surface area contributed by atoms with Crippen molar-refractivity contribution in [2.75, 3.05) is 11.9 Å². The predicted octanol–water partition coefficient (Wildman–Crippen LogP) is 3.14. The molecule has 3 nitrogen and oxygen atoms in total. The Morgan fingerprint density at radius 3 is 2.81 bits per heavy atom. The van der Waals surface area contributed by atoms with Crippen molar-refractivity contribution in [3.63, 3.8) is 0 Å². The van der Waals surface area contributed by atoms with Crippen LogP contribution in [0.1, 0.15) is 19.4 Å². The first-order chi connectivity index (χ1) is 7.49. The minimum atomic E-state index is 0.468. The molecule has 1 aromatic rings. The van der Waals surface area contributed by atoms with Crippen LogP contribution >= 0.6 is 15.9 Å². The van der Waals surface area contributed by atoms with Gasteiger partial charge in [-0.3, -0.25) is 4.99 Å². The second-order valence-electron chi connectivity index (χ2n) is 4.20. The molecule has 0 radical (unpaired) electrons. The van der Waals surface area contributed by atoms with Gasteiger partial charge in [0.1, 0.15) is 0 Å². The third kappa shape index (κ3) is 4.23. The van der Waals surface area contributed by atoms with Crippen LogP contribution in [0.25, 0.3) is 0 Å². The summed E-state index contributed by atoms with van der Waals surface area (Å²) in [6.07, 6.45) is 0. The van der Waals surface area contributed by atoms with Crippen molar-refractivity contribution in [2.45, 2.75) is 20.8 Å². The van der Waals surface area contributed by atoms with Gasteiger partial charge in [-0.25, -0.2) is 0 Å². The number of aryl methyl sites for hydroxylation is 1. The van der Waals surface area contributed by atoms with Crippen molar-refractivity contribution >= 4 is 27.6 Å². The van der Waals surface area contributed by atoms with E-state index in [9.17, 15) is 0 Å². The Hall–Kier alpha value is -1.03. The Morgan fingerprint density at radius 1 is 1.50 bits per heavy atom. The van der Waals surface area contributed by atoms with Crippen molar-refractivity contribution in [2.24, 2.45) is 16.6 Å². The Labute approximate surface area is 105 Å². The van der Waals surface area contributed by atoms with E-state index in [0.29, 0.717) is 11.9 Å². The summed E-state index contributed by atoms with van der Waals surface area (Å²) >= 11 is 3.43. The molecule has 88 valence electrons. The van der Waals surface area contributed by atoms with Crippen molar-refractivity contribution in [1.82, 2.24) is 0 Å². The van der Waals surface area contributed by atoms with E-state index in [4.69, 9.17) is 5.73 Å². The van der Waals surface area contributed by atoms with Crippen molar-refractivity contribution in [3.8, 4) is 0 Å². The fourth-order valence-electron chi connectivity index (χ4n) is 1.19. The van der Waals surface area contributed by atoms with Gasteiger partial charge in [-0.1, -0.05) is 35.8 Å². The van der Waals surface area contributed by atoms with Crippen LogP contribution in [-0.4, -0.2) is 12.5 Å². The maximum Gasteiger partial charge on any atom is 0.193 e. The van der Waals surface area contributed by atoms with Crippen LogP contribution in [0.4, 0.5) is 5.69 Å². The molecule has 16 heavy (non-hydrogen) atoms. The van der Waals surface area contributed by atoms with Crippen LogP contribution in [0.3, 0.4) is 0 Å². The zero-order chi connectivity index (χ0) is 12.1. The lowest BCUT2D eigenvalue weighted by atomic mass is 10.2. The van der Waals surface area contributed by atoms with Gasteiger partial charge < -0.3 is 11.1 Å². The van der Waals surface area contributed by atoms with E-state index in [1.54, 1.807) is 0 Å². The molecule has 0 aliphatic carbocycles. The molecule has 0 bridgehead atoms. The Bertz CT molecular complexity index is 386. The summed E-state index contributed by atoms with van der Waals surface area (Å²) in [6.45, 7) is 7.00. The summed E-state index contributed by atoms with van der Waals surface area (Å²) in [4.78, 5) is 4.26. The minimum absolute atomic E-state index is 0.468. The first-order valence-electron chi connectivity index (χ1n) is 5.32. The summed E-state index contributed by atoms with van der Waals surface area (Å²) in [6, 6.07) is 6.02. The van der Waals surface area contributed by atoms with Crippen LogP contribution in [0.5, 0.6) is 0 Å². The zero-order valence-electron chi connectivity index (χ0n) is 9.92. The molecule has 0 amide bonds. The third-order valence-corrected chi connectivity index (χ3v) is 2.58. The number of nitrogens with zero attached hydrogens (tertiary/aromatic N) is 1. The minimum Gasteiger partial charge on any atom is -0.370 e. The van der Waals surface area contributed by atoms with Gasteiger partial charge in [0.15, 0.2) is 5.96 Å². The topological polar surface area (TPSA) is 50.4 Å². The number of nitrogens with two attached hydrogens (primary N) is 1. The molecule has 0 spiro atoms. The van der Waals surface area contributed by atoms with E-state index in [2.05, 4.69) is 40.1 Å². The number of aliphatic imine (C=N–C) groups is 1. The summed E-state index contributed by atoms with van der Waals surface area (Å²) in [5.74, 6) is 0.985. The van der Waals surface area contributed by atoms with Gasteiger partial charge in [0.25, 0.3) is 0 Å². The smallest absolute Gasteiger partial charge is 0.193 e. The quantitative estimate of drug-likeness (QED) is 0.661. The highest BCUT2D eigenvalue weighted by molar-refractivity contribution is 9.10. The SMILES string of the molecule is Cc1ccc(Br)cc1NC(N)=NCC(C)C. The average Bonchev–Trinajstić information content (AvgIpc) is 2.20. The highest BCUT2D eigenvalue weighted by Gasteiger charge is 2.00. The maximum atomic E-state index is 5.80. The molecule has 0 unspecified atom stereocenters. The molecule has 0 aliphatic rings. The van der Waals surface area contributed by atoms with Gasteiger partial charge in [0.2, 0.25) is 0 Å². The number of hydrogen-bond donors (Lipinski definition) is 2. The second-order valence-corrected chi connectivity index (χ2v) is 5.12. The second kappa shape index (κ2) is 5.89. The van der Waals surface area contributed by atoms with E-state index < -0.39 is 0 Å². The molecule has 0 fully saturated rings. The molecule has 0 saturated heterocycles. The number of hydrogen-bond acceptors (Lipinski definition) is 1. The molecular formula is C12H18BrN3. The lowest BCUT2D eigenvalue weighted by molar-refractivity contribution is 0.665. The number of benzene rings is 1. The van der Waals surface area contributed by atoms with E-state index >= 15 is 0 Å². The van der Waals surface area contributed by atoms with Crippen molar-refractivity contribution < 1.29 is 0 Å².